The van der Waals surface area contributed by atoms with Gasteiger partial charge >= 0.3 is 0 Å². The number of carbonyl (C=O) groups excluding carboxylic acids is 3. The van der Waals surface area contributed by atoms with Crippen LogP contribution in [0.1, 0.15) is 12.8 Å². The Hall–Kier alpha value is -2.21. The normalized spacial score (nSPS) is 15.1. The fourth-order valence-corrected chi connectivity index (χ4v) is 2.96. The van der Waals surface area contributed by atoms with E-state index < -0.39 is 0 Å². The van der Waals surface area contributed by atoms with Crippen LogP contribution in [0, 0.1) is 0 Å². The number of benzene rings is 1. The number of thiophene rings is 1. The van der Waals surface area contributed by atoms with E-state index in [-0.39, 0.29) is 37.1 Å². The number of hydrogen-bond acceptors (Lipinski definition) is 4. The molecule has 1 fully saturated rings. The van der Waals surface area contributed by atoms with Crippen LogP contribution in [0.3, 0.4) is 0 Å². The summed E-state index contributed by atoms with van der Waals surface area (Å²) in [5, 5.41) is 5.75. The van der Waals surface area contributed by atoms with Crippen molar-refractivity contribution >= 4 is 44.8 Å². The molecule has 0 spiro atoms. The van der Waals surface area contributed by atoms with Gasteiger partial charge in [0.05, 0.1) is 0 Å². The maximum absolute atomic E-state index is 11.9. The summed E-state index contributed by atoms with van der Waals surface area (Å²) in [4.78, 5) is 35.8. The third-order valence-electron chi connectivity index (χ3n) is 3.19. The summed E-state index contributed by atoms with van der Waals surface area (Å²) in [6.45, 7) is -0.209. The lowest BCUT2D eigenvalue weighted by Gasteiger charge is -2.13. The lowest BCUT2D eigenvalue weighted by Crippen LogP contribution is -2.36. The van der Waals surface area contributed by atoms with Crippen LogP contribution in [0.2, 0.25) is 0 Å². The first-order chi connectivity index (χ1) is 9.63. The van der Waals surface area contributed by atoms with Crippen molar-refractivity contribution in [3.8, 4) is 0 Å². The second-order valence-electron chi connectivity index (χ2n) is 4.60. The van der Waals surface area contributed by atoms with Gasteiger partial charge in [-0.25, -0.2) is 0 Å². The van der Waals surface area contributed by atoms with Crippen LogP contribution in [-0.4, -0.2) is 29.2 Å². The van der Waals surface area contributed by atoms with Gasteiger partial charge in [-0.05, 0) is 35.0 Å². The number of anilines is 1. The van der Waals surface area contributed by atoms with Crippen LogP contribution in [0.4, 0.5) is 5.69 Å². The predicted octanol–water partition coefficient (Wildman–Crippen LogP) is 1.99. The van der Waals surface area contributed by atoms with Crippen LogP contribution >= 0.6 is 11.3 Å². The van der Waals surface area contributed by atoms with E-state index >= 15 is 0 Å². The van der Waals surface area contributed by atoms with E-state index in [2.05, 4.69) is 5.32 Å². The molecular formula is C14H12N2O3S. The van der Waals surface area contributed by atoms with E-state index in [0.29, 0.717) is 5.69 Å². The third kappa shape index (κ3) is 2.42. The molecule has 6 heteroatoms. The van der Waals surface area contributed by atoms with Gasteiger partial charge in [-0.3, -0.25) is 19.3 Å². The minimum Gasteiger partial charge on any atom is -0.325 e. The first kappa shape index (κ1) is 12.8. The van der Waals surface area contributed by atoms with Gasteiger partial charge in [-0.15, -0.1) is 11.3 Å². The minimum atomic E-state index is -0.358. The number of nitrogens with one attached hydrogen (secondary N) is 1. The molecule has 3 rings (SSSR count). The number of amides is 3. The number of imide groups is 1. The number of nitrogens with zero attached hydrogens (tertiary/aromatic N) is 1. The molecular weight excluding hydrogens is 276 g/mol. The van der Waals surface area contributed by atoms with Crippen molar-refractivity contribution < 1.29 is 14.4 Å². The monoisotopic (exact) mass is 288 g/mol. The maximum atomic E-state index is 11.9. The molecule has 0 radical (unpaired) electrons. The van der Waals surface area contributed by atoms with Crippen molar-refractivity contribution in [2.24, 2.45) is 0 Å². The first-order valence-corrected chi connectivity index (χ1v) is 7.12. The largest absolute Gasteiger partial charge is 0.325 e. The van der Waals surface area contributed by atoms with Gasteiger partial charge in [0.25, 0.3) is 0 Å². The Labute approximate surface area is 119 Å². The van der Waals surface area contributed by atoms with Crippen molar-refractivity contribution in [1.29, 1.82) is 0 Å². The van der Waals surface area contributed by atoms with Gasteiger partial charge in [-0.2, -0.15) is 0 Å². The van der Waals surface area contributed by atoms with Gasteiger partial charge in [0, 0.05) is 23.2 Å². The summed E-state index contributed by atoms with van der Waals surface area (Å²) in [5.41, 5.74) is 0.667. The van der Waals surface area contributed by atoms with E-state index in [9.17, 15) is 14.4 Å². The van der Waals surface area contributed by atoms with Gasteiger partial charge in [0.1, 0.15) is 6.54 Å². The molecule has 102 valence electrons. The van der Waals surface area contributed by atoms with Crippen molar-refractivity contribution in [3.63, 3.8) is 0 Å². The Morgan fingerprint density at radius 1 is 1.20 bits per heavy atom. The number of hydrogen-bond donors (Lipinski definition) is 1. The van der Waals surface area contributed by atoms with E-state index in [1.807, 2.05) is 29.6 Å². The maximum Gasteiger partial charge on any atom is 0.244 e. The number of carbonyl (C=O) groups is 3. The number of rotatable bonds is 3. The Bertz CT molecular complexity index is 691. The molecule has 0 saturated carbocycles. The van der Waals surface area contributed by atoms with Gasteiger partial charge < -0.3 is 5.32 Å². The molecule has 0 atom stereocenters. The topological polar surface area (TPSA) is 66.5 Å². The van der Waals surface area contributed by atoms with Crippen LogP contribution in [0.25, 0.3) is 10.1 Å². The van der Waals surface area contributed by atoms with Crippen molar-refractivity contribution in [2.45, 2.75) is 12.8 Å². The van der Waals surface area contributed by atoms with Gasteiger partial charge in [0.2, 0.25) is 17.7 Å². The van der Waals surface area contributed by atoms with Crippen molar-refractivity contribution in [2.75, 3.05) is 11.9 Å². The standard InChI is InChI=1S/C14H12N2O3S/c17-12(8-16-13(18)3-4-14(16)19)15-10-1-2-11-9(7-10)5-6-20-11/h1-2,5-7H,3-4,8H2,(H,15,17). The zero-order valence-corrected chi connectivity index (χ0v) is 11.4. The highest BCUT2D eigenvalue weighted by Crippen LogP contribution is 2.24. The second kappa shape index (κ2) is 5.05. The summed E-state index contributed by atoms with van der Waals surface area (Å²) in [5.74, 6) is -0.917. The zero-order chi connectivity index (χ0) is 14.1. The highest BCUT2D eigenvalue weighted by Gasteiger charge is 2.30. The lowest BCUT2D eigenvalue weighted by molar-refractivity contribution is -0.141. The van der Waals surface area contributed by atoms with E-state index in [1.54, 1.807) is 11.3 Å². The van der Waals surface area contributed by atoms with Gasteiger partial charge in [0.15, 0.2) is 0 Å². The molecule has 1 aromatic heterocycles. The zero-order valence-electron chi connectivity index (χ0n) is 10.6. The summed E-state index contributed by atoms with van der Waals surface area (Å²) >= 11 is 1.63. The Balaban J connectivity index is 1.69. The summed E-state index contributed by atoms with van der Waals surface area (Å²) in [7, 11) is 0. The van der Waals surface area contributed by atoms with Crippen molar-refractivity contribution in [3.05, 3.63) is 29.6 Å². The molecule has 3 amide bonds. The van der Waals surface area contributed by atoms with E-state index in [1.165, 1.54) is 0 Å². The molecule has 1 aromatic carbocycles. The first-order valence-electron chi connectivity index (χ1n) is 6.24. The molecule has 20 heavy (non-hydrogen) atoms. The Kier molecular flexibility index (Phi) is 3.23. The van der Waals surface area contributed by atoms with Crippen molar-refractivity contribution in [1.82, 2.24) is 4.90 Å². The molecule has 1 aliphatic heterocycles. The quantitative estimate of drug-likeness (QED) is 0.878. The van der Waals surface area contributed by atoms with E-state index in [4.69, 9.17) is 0 Å². The smallest absolute Gasteiger partial charge is 0.244 e. The lowest BCUT2D eigenvalue weighted by atomic mass is 10.2. The molecule has 2 aromatic rings. The molecule has 2 heterocycles. The molecule has 0 unspecified atom stereocenters. The van der Waals surface area contributed by atoms with Crippen LogP contribution in [0.15, 0.2) is 29.6 Å². The van der Waals surface area contributed by atoms with E-state index in [0.717, 1.165) is 15.0 Å². The SMILES string of the molecule is O=C(CN1C(=O)CCC1=O)Nc1ccc2sccc2c1. The summed E-state index contributed by atoms with van der Waals surface area (Å²) in [6.07, 6.45) is 0.403. The highest BCUT2D eigenvalue weighted by atomic mass is 32.1. The highest BCUT2D eigenvalue weighted by molar-refractivity contribution is 7.17. The molecule has 0 aliphatic carbocycles. The number of fused-ring (bicyclic) bond motifs is 1. The average molecular weight is 288 g/mol. The van der Waals surface area contributed by atoms with Crippen LogP contribution < -0.4 is 5.32 Å². The molecule has 0 bridgehead atoms. The second-order valence-corrected chi connectivity index (χ2v) is 5.54. The predicted molar refractivity (Wildman–Crippen MR) is 76.4 cm³/mol. The van der Waals surface area contributed by atoms with Gasteiger partial charge in [-0.1, -0.05) is 0 Å². The number of likely N-dealkylation sites (tertiary alicyclic amines) is 1. The third-order valence-corrected chi connectivity index (χ3v) is 4.09. The molecule has 1 aliphatic rings. The van der Waals surface area contributed by atoms with Crippen LogP contribution in [-0.2, 0) is 14.4 Å². The Morgan fingerprint density at radius 2 is 1.95 bits per heavy atom. The summed E-state index contributed by atoms with van der Waals surface area (Å²) < 4.78 is 1.15. The minimum absolute atomic E-state index is 0.201. The Morgan fingerprint density at radius 3 is 2.70 bits per heavy atom. The molecule has 5 nitrogen and oxygen atoms in total. The fourth-order valence-electron chi connectivity index (χ4n) is 2.19. The molecule has 1 N–H and O–H groups in total. The average Bonchev–Trinajstić information content (AvgIpc) is 3.00. The summed E-state index contributed by atoms with van der Waals surface area (Å²) in [6, 6.07) is 7.59. The fraction of sp³-hybridized carbons (Fsp3) is 0.214. The molecule has 1 saturated heterocycles. The van der Waals surface area contributed by atoms with Crippen LogP contribution in [0.5, 0.6) is 0 Å².